The van der Waals surface area contributed by atoms with E-state index in [1.54, 1.807) is 6.08 Å². The highest BCUT2D eigenvalue weighted by Crippen LogP contribution is 2.54. The molecule has 2 N–H and O–H groups in total. The van der Waals surface area contributed by atoms with E-state index in [4.69, 9.17) is 0 Å². The molecule has 3 aliphatic rings. The van der Waals surface area contributed by atoms with Gasteiger partial charge in [0.1, 0.15) is 5.41 Å². The van der Waals surface area contributed by atoms with Crippen LogP contribution in [0.1, 0.15) is 52.5 Å². The van der Waals surface area contributed by atoms with Gasteiger partial charge in [-0.15, -0.1) is 0 Å². The van der Waals surface area contributed by atoms with Crippen LogP contribution >= 0.6 is 0 Å². The number of allylic oxidation sites excluding steroid dienone is 8. The fourth-order valence-electron chi connectivity index (χ4n) is 6.89. The summed E-state index contributed by atoms with van der Waals surface area (Å²) in [5.74, 6) is 0.0208. The Hall–Kier alpha value is -3.14. The van der Waals surface area contributed by atoms with Crippen LogP contribution in [0.2, 0.25) is 0 Å². The van der Waals surface area contributed by atoms with Gasteiger partial charge in [-0.1, -0.05) is 73.6 Å². The second kappa shape index (κ2) is 9.72. The van der Waals surface area contributed by atoms with Gasteiger partial charge >= 0.3 is 0 Å². The van der Waals surface area contributed by atoms with Crippen molar-refractivity contribution >= 4 is 22.6 Å². The molecular weight excluding hydrogens is 444 g/mol. The molecule has 0 bridgehead atoms. The van der Waals surface area contributed by atoms with Gasteiger partial charge in [-0.25, -0.2) is 0 Å². The van der Waals surface area contributed by atoms with Crippen molar-refractivity contribution in [3.63, 3.8) is 0 Å². The van der Waals surface area contributed by atoms with E-state index in [0.717, 1.165) is 24.8 Å². The van der Waals surface area contributed by atoms with E-state index in [1.165, 1.54) is 22.1 Å². The molecule has 2 heterocycles. The minimum Gasteiger partial charge on any atom is -0.361 e. The molecule has 1 spiro atoms. The van der Waals surface area contributed by atoms with Gasteiger partial charge in [-0.05, 0) is 69.1 Å². The van der Waals surface area contributed by atoms with Crippen LogP contribution in [0.3, 0.4) is 0 Å². The summed E-state index contributed by atoms with van der Waals surface area (Å²) < 4.78 is 0. The van der Waals surface area contributed by atoms with E-state index in [-0.39, 0.29) is 35.5 Å². The Morgan fingerprint density at radius 1 is 1.06 bits per heavy atom. The number of ketones is 1. The van der Waals surface area contributed by atoms with Gasteiger partial charge in [0, 0.05) is 35.0 Å². The molecule has 4 heteroatoms. The third kappa shape index (κ3) is 4.11. The summed E-state index contributed by atoms with van der Waals surface area (Å²) in [6.45, 7) is 8.74. The highest BCUT2D eigenvalue weighted by molar-refractivity contribution is 6.13. The molecule has 1 saturated heterocycles. The predicted octanol–water partition coefficient (Wildman–Crippen LogP) is 6.47. The van der Waals surface area contributed by atoms with Gasteiger partial charge in [-0.2, -0.15) is 0 Å². The predicted molar refractivity (Wildman–Crippen MR) is 146 cm³/mol. The number of hydrogen-bond acceptors (Lipinski definition) is 2. The zero-order chi connectivity index (χ0) is 25.4. The molecule has 5 rings (SSSR count). The number of para-hydroxylation sites is 1. The average Bonchev–Trinajstić information content (AvgIpc) is 3.38. The summed E-state index contributed by atoms with van der Waals surface area (Å²) in [4.78, 5) is 31.4. The molecule has 0 saturated carbocycles. The largest absolute Gasteiger partial charge is 0.361 e. The summed E-state index contributed by atoms with van der Waals surface area (Å²) in [5, 5.41) is 4.50. The number of amides is 1. The van der Waals surface area contributed by atoms with Crippen molar-refractivity contribution in [2.24, 2.45) is 29.1 Å². The second-order valence-corrected chi connectivity index (χ2v) is 11.2. The van der Waals surface area contributed by atoms with Crippen molar-refractivity contribution in [1.29, 1.82) is 0 Å². The number of aromatic nitrogens is 1. The maximum Gasteiger partial charge on any atom is 0.235 e. The molecule has 1 aliphatic heterocycles. The van der Waals surface area contributed by atoms with Crippen LogP contribution in [0.15, 0.2) is 78.1 Å². The molecule has 1 unspecified atom stereocenters. The normalized spacial score (nSPS) is 36.3. The molecule has 2 aliphatic carbocycles. The fourth-order valence-corrected chi connectivity index (χ4v) is 6.89. The van der Waals surface area contributed by atoms with Crippen LogP contribution in [0, 0.1) is 29.1 Å². The number of carbonyl (C=O) groups excluding carboxylic acids is 2. The molecule has 0 radical (unpaired) electrons. The Morgan fingerprint density at radius 2 is 1.86 bits per heavy atom. The van der Waals surface area contributed by atoms with E-state index < -0.39 is 5.41 Å². The average molecular weight is 483 g/mol. The van der Waals surface area contributed by atoms with Gasteiger partial charge in [-0.3, -0.25) is 9.59 Å². The third-order valence-corrected chi connectivity index (χ3v) is 8.79. The second-order valence-electron chi connectivity index (χ2n) is 11.2. The molecule has 6 atom stereocenters. The number of nitrogens with one attached hydrogen (secondary N) is 2. The lowest BCUT2D eigenvalue weighted by Gasteiger charge is -2.44. The number of carbonyl (C=O) groups is 2. The summed E-state index contributed by atoms with van der Waals surface area (Å²) in [7, 11) is 0. The zero-order valence-corrected chi connectivity index (χ0v) is 21.9. The lowest BCUT2D eigenvalue weighted by Crippen LogP contribution is -2.51. The fraction of sp³-hybridized carbons (Fsp3) is 0.438. The summed E-state index contributed by atoms with van der Waals surface area (Å²) in [6, 6.07) is 8.17. The minimum absolute atomic E-state index is 0.0504. The first-order valence-corrected chi connectivity index (χ1v) is 13.4. The summed E-state index contributed by atoms with van der Waals surface area (Å²) in [6.07, 6.45) is 17.9. The minimum atomic E-state index is -1.11. The summed E-state index contributed by atoms with van der Waals surface area (Å²) in [5.41, 5.74) is 3.78. The van der Waals surface area contributed by atoms with Crippen LogP contribution in [-0.4, -0.2) is 22.7 Å². The van der Waals surface area contributed by atoms with Crippen molar-refractivity contribution in [1.82, 2.24) is 10.3 Å². The quantitative estimate of drug-likeness (QED) is 0.381. The molecule has 188 valence electrons. The van der Waals surface area contributed by atoms with Crippen molar-refractivity contribution in [2.45, 2.75) is 59.4 Å². The van der Waals surface area contributed by atoms with Crippen LogP contribution in [0.5, 0.6) is 0 Å². The number of fused-ring (bicyclic) bond motifs is 1. The molecule has 1 aromatic heterocycles. The van der Waals surface area contributed by atoms with E-state index in [2.05, 4.69) is 80.6 Å². The van der Waals surface area contributed by atoms with Gasteiger partial charge < -0.3 is 10.3 Å². The Kier molecular flexibility index (Phi) is 6.63. The summed E-state index contributed by atoms with van der Waals surface area (Å²) >= 11 is 0. The molecule has 1 amide bonds. The van der Waals surface area contributed by atoms with E-state index in [1.807, 2.05) is 18.2 Å². The van der Waals surface area contributed by atoms with E-state index >= 15 is 0 Å². The maximum absolute atomic E-state index is 14.1. The van der Waals surface area contributed by atoms with Crippen LogP contribution in [-0.2, 0) is 16.0 Å². The van der Waals surface area contributed by atoms with Crippen LogP contribution in [0.25, 0.3) is 10.9 Å². The highest BCUT2D eigenvalue weighted by Gasteiger charge is 2.64. The van der Waals surface area contributed by atoms with Gasteiger partial charge in [0.05, 0.1) is 0 Å². The molecular formula is C32H38N2O2. The van der Waals surface area contributed by atoms with Crippen molar-refractivity contribution < 1.29 is 9.59 Å². The van der Waals surface area contributed by atoms with Crippen LogP contribution in [0.4, 0.5) is 0 Å². The molecule has 1 aromatic carbocycles. The number of benzene rings is 1. The molecule has 4 nitrogen and oxygen atoms in total. The maximum atomic E-state index is 14.1. The number of hydrogen-bond donors (Lipinski definition) is 2. The molecule has 1 fully saturated rings. The lowest BCUT2D eigenvalue weighted by molar-refractivity contribution is -0.142. The van der Waals surface area contributed by atoms with E-state index in [9.17, 15) is 9.59 Å². The Bertz CT molecular complexity index is 1290. The standard InChI is InChI=1S/C32H38N2O2/c1-20-10-5-8-15-29(35)32-25(12-9-11-21(2)16-20)17-22(3)23(4)30(32)28(34-31(32)36)18-24-19-33-27-14-7-6-13-26(24)27/h6-9,12-17,19,21,23,25,28,30,33H,5,10-11,18H2,1-4H3,(H,34,36)/b12-9+,15-8+,20-16-/t21-,23+,25-,28-,30-,32?/m0/s1. The first-order valence-electron chi connectivity index (χ1n) is 13.4. The smallest absolute Gasteiger partial charge is 0.235 e. The number of H-pyrrole nitrogens is 1. The Labute approximate surface area is 214 Å². The van der Waals surface area contributed by atoms with Gasteiger partial charge in [0.25, 0.3) is 0 Å². The molecule has 2 aromatic rings. The number of rotatable bonds is 2. The monoisotopic (exact) mass is 482 g/mol. The van der Waals surface area contributed by atoms with Gasteiger partial charge in [0.2, 0.25) is 5.91 Å². The van der Waals surface area contributed by atoms with Crippen molar-refractivity contribution in [2.75, 3.05) is 0 Å². The topological polar surface area (TPSA) is 62.0 Å². The van der Waals surface area contributed by atoms with Gasteiger partial charge in [0.15, 0.2) is 5.78 Å². The Balaban J connectivity index is 1.58. The van der Waals surface area contributed by atoms with Crippen molar-refractivity contribution in [3.8, 4) is 0 Å². The SMILES string of the molecule is CC1=C[C@@H]2/C=C/C[C@H](C)/C=C(/C)CC/C=C/C(=O)C23C(=O)N[C@@H](Cc2c[nH]c4ccccc24)[C@@H]3[C@@H]1C. The first-order chi connectivity index (χ1) is 17.3. The van der Waals surface area contributed by atoms with Crippen molar-refractivity contribution in [3.05, 3.63) is 83.6 Å². The molecule has 36 heavy (non-hydrogen) atoms. The first kappa shape index (κ1) is 24.5. The number of aromatic amines is 1. The van der Waals surface area contributed by atoms with Crippen LogP contribution < -0.4 is 5.32 Å². The Morgan fingerprint density at radius 3 is 2.69 bits per heavy atom. The van der Waals surface area contributed by atoms with E-state index in [0.29, 0.717) is 12.3 Å². The third-order valence-electron chi connectivity index (χ3n) is 8.79. The lowest BCUT2D eigenvalue weighted by atomic mass is 9.55. The zero-order valence-electron chi connectivity index (χ0n) is 21.9. The highest BCUT2D eigenvalue weighted by atomic mass is 16.2.